The maximum Gasteiger partial charge on any atom is 0.127 e. The lowest BCUT2D eigenvalue weighted by molar-refractivity contribution is 0.231. The molecule has 0 spiro atoms. The van der Waals surface area contributed by atoms with Crippen molar-refractivity contribution in [1.29, 1.82) is 0 Å². The van der Waals surface area contributed by atoms with Crippen molar-refractivity contribution >= 4 is 11.0 Å². The molecular formula is C18H23N5. The van der Waals surface area contributed by atoms with Gasteiger partial charge in [0.2, 0.25) is 0 Å². The van der Waals surface area contributed by atoms with Crippen LogP contribution in [-0.4, -0.2) is 37.3 Å². The maximum absolute atomic E-state index is 4.96. The fourth-order valence-electron chi connectivity index (χ4n) is 3.73. The Labute approximate surface area is 136 Å². The van der Waals surface area contributed by atoms with Gasteiger partial charge >= 0.3 is 0 Å². The van der Waals surface area contributed by atoms with Gasteiger partial charge in [0, 0.05) is 25.5 Å². The molecule has 4 rings (SSSR count). The standard InChI is InChI=1S/C18H23N5/c1-2-23-16-8-4-3-7-15(16)20-18(23)17-9-5-11-21(17)13-14-22-12-6-10-19-22/h3-4,6-8,10,12,17H,2,5,9,11,13-14H2,1H3. The summed E-state index contributed by atoms with van der Waals surface area (Å²) in [5, 5.41) is 4.31. The summed E-state index contributed by atoms with van der Waals surface area (Å²) in [7, 11) is 0. The number of hydrogen-bond acceptors (Lipinski definition) is 3. The van der Waals surface area contributed by atoms with Crippen molar-refractivity contribution < 1.29 is 0 Å². The molecule has 0 N–H and O–H groups in total. The highest BCUT2D eigenvalue weighted by molar-refractivity contribution is 5.76. The van der Waals surface area contributed by atoms with Crippen LogP contribution in [0.3, 0.4) is 0 Å². The van der Waals surface area contributed by atoms with Gasteiger partial charge in [-0.1, -0.05) is 12.1 Å². The summed E-state index contributed by atoms with van der Waals surface area (Å²) in [5.74, 6) is 1.23. The molecule has 1 saturated heterocycles. The smallest absolute Gasteiger partial charge is 0.127 e. The predicted molar refractivity (Wildman–Crippen MR) is 91.2 cm³/mol. The van der Waals surface area contributed by atoms with Gasteiger partial charge in [-0.2, -0.15) is 5.10 Å². The second-order valence-electron chi connectivity index (χ2n) is 6.17. The van der Waals surface area contributed by atoms with Gasteiger partial charge in [-0.25, -0.2) is 4.98 Å². The number of likely N-dealkylation sites (tertiary alicyclic amines) is 1. The van der Waals surface area contributed by atoms with Crippen LogP contribution in [-0.2, 0) is 13.1 Å². The summed E-state index contributed by atoms with van der Waals surface area (Å²) in [6, 6.07) is 10.9. The molecule has 0 bridgehead atoms. The van der Waals surface area contributed by atoms with Gasteiger partial charge in [0.05, 0.1) is 23.6 Å². The van der Waals surface area contributed by atoms with Gasteiger partial charge in [-0.3, -0.25) is 9.58 Å². The molecule has 0 aliphatic carbocycles. The number of aromatic nitrogens is 4. The third-order valence-corrected chi connectivity index (χ3v) is 4.84. The largest absolute Gasteiger partial charge is 0.327 e. The van der Waals surface area contributed by atoms with Crippen molar-refractivity contribution in [3.8, 4) is 0 Å². The van der Waals surface area contributed by atoms with Gasteiger partial charge in [0.1, 0.15) is 5.82 Å². The molecule has 3 aromatic rings. The molecule has 0 radical (unpaired) electrons. The first-order valence-corrected chi connectivity index (χ1v) is 8.53. The lowest BCUT2D eigenvalue weighted by Crippen LogP contribution is -2.29. The summed E-state index contributed by atoms with van der Waals surface area (Å²) >= 11 is 0. The van der Waals surface area contributed by atoms with Crippen LogP contribution < -0.4 is 0 Å². The quantitative estimate of drug-likeness (QED) is 0.727. The zero-order chi connectivity index (χ0) is 15.6. The fourth-order valence-corrected chi connectivity index (χ4v) is 3.73. The minimum absolute atomic E-state index is 0.429. The Kier molecular flexibility index (Phi) is 3.87. The molecule has 1 unspecified atom stereocenters. The number of imidazole rings is 1. The molecule has 0 saturated carbocycles. The number of benzene rings is 1. The minimum Gasteiger partial charge on any atom is -0.327 e. The lowest BCUT2D eigenvalue weighted by Gasteiger charge is -2.24. The second-order valence-corrected chi connectivity index (χ2v) is 6.17. The number of aryl methyl sites for hydroxylation is 1. The lowest BCUT2D eigenvalue weighted by atomic mass is 10.2. The van der Waals surface area contributed by atoms with Crippen LogP contribution in [0.1, 0.15) is 31.6 Å². The number of hydrogen-bond donors (Lipinski definition) is 0. The predicted octanol–water partition coefficient (Wildman–Crippen LogP) is 3.09. The van der Waals surface area contributed by atoms with Crippen LogP contribution in [0, 0.1) is 0 Å². The zero-order valence-corrected chi connectivity index (χ0v) is 13.6. The number of nitrogens with zero attached hydrogens (tertiary/aromatic N) is 5. The van der Waals surface area contributed by atoms with Crippen molar-refractivity contribution in [3.05, 3.63) is 48.5 Å². The molecule has 0 amide bonds. The summed E-state index contributed by atoms with van der Waals surface area (Å²) in [6.45, 7) is 6.30. The molecule has 23 heavy (non-hydrogen) atoms. The molecule has 1 aliphatic heterocycles. The third kappa shape index (κ3) is 2.65. The molecule has 1 aliphatic rings. The van der Waals surface area contributed by atoms with E-state index in [1.54, 1.807) is 0 Å². The number of rotatable bonds is 5. The monoisotopic (exact) mass is 309 g/mol. The molecule has 1 aromatic carbocycles. The van der Waals surface area contributed by atoms with E-state index in [-0.39, 0.29) is 0 Å². The summed E-state index contributed by atoms with van der Waals surface area (Å²) in [4.78, 5) is 7.52. The fraction of sp³-hybridized carbons (Fsp3) is 0.444. The highest BCUT2D eigenvalue weighted by Crippen LogP contribution is 2.33. The van der Waals surface area contributed by atoms with Crippen molar-refractivity contribution in [2.45, 2.75) is 38.9 Å². The van der Waals surface area contributed by atoms with E-state index in [2.05, 4.69) is 45.8 Å². The van der Waals surface area contributed by atoms with Crippen LogP contribution in [0.2, 0.25) is 0 Å². The van der Waals surface area contributed by atoms with Crippen molar-refractivity contribution in [2.75, 3.05) is 13.1 Å². The van der Waals surface area contributed by atoms with E-state index in [9.17, 15) is 0 Å². The molecule has 1 atom stereocenters. The molecule has 1 fully saturated rings. The normalized spacial score (nSPS) is 18.9. The Morgan fingerprint density at radius 2 is 2.09 bits per heavy atom. The van der Waals surface area contributed by atoms with E-state index in [0.717, 1.165) is 31.7 Å². The first kappa shape index (κ1) is 14.5. The second kappa shape index (κ2) is 6.16. The molecule has 5 heteroatoms. The minimum atomic E-state index is 0.429. The topological polar surface area (TPSA) is 38.9 Å². The summed E-state index contributed by atoms with van der Waals surface area (Å²) < 4.78 is 4.39. The van der Waals surface area contributed by atoms with E-state index in [0.29, 0.717) is 6.04 Å². The highest BCUT2D eigenvalue weighted by atomic mass is 15.3. The Morgan fingerprint density at radius 1 is 1.17 bits per heavy atom. The zero-order valence-electron chi connectivity index (χ0n) is 13.6. The van der Waals surface area contributed by atoms with E-state index >= 15 is 0 Å². The highest BCUT2D eigenvalue weighted by Gasteiger charge is 2.29. The first-order chi connectivity index (χ1) is 11.4. The molecule has 3 heterocycles. The number of para-hydroxylation sites is 2. The van der Waals surface area contributed by atoms with Crippen LogP contribution in [0.25, 0.3) is 11.0 Å². The van der Waals surface area contributed by atoms with Crippen LogP contribution in [0.5, 0.6) is 0 Å². The molecule has 120 valence electrons. The average molecular weight is 309 g/mol. The molecular weight excluding hydrogens is 286 g/mol. The Hall–Kier alpha value is -2.14. The van der Waals surface area contributed by atoms with Crippen molar-refractivity contribution in [3.63, 3.8) is 0 Å². The van der Waals surface area contributed by atoms with Gasteiger partial charge in [-0.05, 0) is 44.5 Å². The van der Waals surface area contributed by atoms with Gasteiger partial charge in [0.25, 0.3) is 0 Å². The van der Waals surface area contributed by atoms with Crippen molar-refractivity contribution in [2.24, 2.45) is 0 Å². The molecule has 5 nitrogen and oxygen atoms in total. The SMILES string of the molecule is CCn1c(C2CCCN2CCn2cccn2)nc2ccccc21. The molecule has 2 aromatic heterocycles. The van der Waals surface area contributed by atoms with E-state index in [1.165, 1.54) is 24.2 Å². The maximum atomic E-state index is 4.96. The van der Waals surface area contributed by atoms with Crippen LogP contribution in [0.15, 0.2) is 42.7 Å². The van der Waals surface area contributed by atoms with E-state index in [4.69, 9.17) is 4.98 Å². The number of fused-ring (bicyclic) bond motifs is 1. The summed E-state index contributed by atoms with van der Waals surface area (Å²) in [5.41, 5.74) is 2.37. The average Bonchev–Trinajstić information content (AvgIpc) is 3.31. The summed E-state index contributed by atoms with van der Waals surface area (Å²) in [6.07, 6.45) is 6.32. The Balaban J connectivity index is 1.60. The Morgan fingerprint density at radius 3 is 2.91 bits per heavy atom. The van der Waals surface area contributed by atoms with Crippen LogP contribution in [0.4, 0.5) is 0 Å². The van der Waals surface area contributed by atoms with Gasteiger partial charge in [-0.15, -0.1) is 0 Å². The van der Waals surface area contributed by atoms with E-state index in [1.807, 2.05) is 23.1 Å². The van der Waals surface area contributed by atoms with Crippen molar-refractivity contribution in [1.82, 2.24) is 24.2 Å². The van der Waals surface area contributed by atoms with E-state index < -0.39 is 0 Å². The van der Waals surface area contributed by atoms with Crippen LogP contribution >= 0.6 is 0 Å². The van der Waals surface area contributed by atoms with Gasteiger partial charge < -0.3 is 4.57 Å². The first-order valence-electron chi connectivity index (χ1n) is 8.53. The van der Waals surface area contributed by atoms with Gasteiger partial charge in [0.15, 0.2) is 0 Å². The third-order valence-electron chi connectivity index (χ3n) is 4.84. The Bertz CT molecular complexity index is 774.